The molecular formula is C24H23BrN4O2S. The normalized spacial score (nSPS) is 17.3. The Labute approximate surface area is 199 Å². The van der Waals surface area contributed by atoms with E-state index >= 15 is 0 Å². The first-order chi connectivity index (χ1) is 15.6. The summed E-state index contributed by atoms with van der Waals surface area (Å²) in [6.07, 6.45) is 1.67. The SMILES string of the molecule is O=C(c1ccc(-c2ccc(Br)cc2)cc1)N1CC(N2CCN(C(=O)c3nccs3)CC2)C1. The Balaban J connectivity index is 1.12. The van der Waals surface area contributed by atoms with Gasteiger partial charge in [0.25, 0.3) is 11.8 Å². The highest BCUT2D eigenvalue weighted by Gasteiger charge is 2.37. The Hall–Kier alpha value is -2.55. The molecular weight excluding hydrogens is 488 g/mol. The average molecular weight is 511 g/mol. The number of aromatic nitrogens is 1. The molecule has 3 aromatic rings. The van der Waals surface area contributed by atoms with Gasteiger partial charge in [0.1, 0.15) is 0 Å². The standard InChI is InChI=1S/C24H23BrN4O2S/c25-20-7-5-18(6-8-20)17-1-3-19(4-2-17)23(30)29-15-21(16-29)27-10-12-28(13-11-27)24(31)22-26-9-14-32-22/h1-9,14,21H,10-13,15-16H2. The highest BCUT2D eigenvalue weighted by atomic mass is 79.9. The van der Waals surface area contributed by atoms with Gasteiger partial charge in [-0.2, -0.15) is 0 Å². The molecule has 0 unspecified atom stereocenters. The molecule has 2 fully saturated rings. The molecule has 2 saturated heterocycles. The molecule has 164 valence electrons. The summed E-state index contributed by atoms with van der Waals surface area (Å²) in [7, 11) is 0. The van der Waals surface area contributed by atoms with Crippen molar-refractivity contribution in [2.45, 2.75) is 6.04 Å². The van der Waals surface area contributed by atoms with Gasteiger partial charge in [0, 0.05) is 66.9 Å². The van der Waals surface area contributed by atoms with Crippen LogP contribution in [0.5, 0.6) is 0 Å². The Morgan fingerprint density at radius 1 is 0.844 bits per heavy atom. The first-order valence-corrected chi connectivity index (χ1v) is 12.3. The van der Waals surface area contributed by atoms with Gasteiger partial charge in [0.05, 0.1) is 0 Å². The van der Waals surface area contributed by atoms with Crippen LogP contribution in [0, 0.1) is 0 Å². The van der Waals surface area contributed by atoms with E-state index in [-0.39, 0.29) is 11.8 Å². The van der Waals surface area contributed by atoms with Gasteiger partial charge < -0.3 is 9.80 Å². The summed E-state index contributed by atoms with van der Waals surface area (Å²) in [5.74, 6) is 0.109. The topological polar surface area (TPSA) is 56.8 Å². The molecule has 0 radical (unpaired) electrons. The fraction of sp³-hybridized carbons (Fsp3) is 0.292. The Kier molecular flexibility index (Phi) is 6.08. The van der Waals surface area contributed by atoms with E-state index in [9.17, 15) is 9.59 Å². The van der Waals surface area contributed by atoms with Crippen molar-refractivity contribution in [2.75, 3.05) is 39.3 Å². The van der Waals surface area contributed by atoms with Crippen LogP contribution in [0.3, 0.4) is 0 Å². The summed E-state index contributed by atoms with van der Waals surface area (Å²) in [6, 6.07) is 16.4. The molecule has 6 nitrogen and oxygen atoms in total. The van der Waals surface area contributed by atoms with Crippen molar-refractivity contribution in [2.24, 2.45) is 0 Å². The number of piperazine rings is 1. The fourth-order valence-corrected chi connectivity index (χ4v) is 5.10. The number of thiazole rings is 1. The highest BCUT2D eigenvalue weighted by molar-refractivity contribution is 9.10. The molecule has 2 aliphatic rings. The maximum atomic E-state index is 12.9. The van der Waals surface area contributed by atoms with E-state index in [1.54, 1.807) is 6.20 Å². The second-order valence-electron chi connectivity index (χ2n) is 8.11. The lowest BCUT2D eigenvalue weighted by Gasteiger charge is -2.48. The fourth-order valence-electron chi connectivity index (χ4n) is 4.24. The molecule has 32 heavy (non-hydrogen) atoms. The predicted molar refractivity (Wildman–Crippen MR) is 129 cm³/mol. The van der Waals surface area contributed by atoms with Gasteiger partial charge in [-0.1, -0.05) is 40.2 Å². The minimum Gasteiger partial charge on any atom is -0.335 e. The van der Waals surface area contributed by atoms with E-state index in [1.807, 2.05) is 51.6 Å². The number of hydrogen-bond acceptors (Lipinski definition) is 5. The largest absolute Gasteiger partial charge is 0.335 e. The number of benzene rings is 2. The van der Waals surface area contributed by atoms with Crippen molar-refractivity contribution in [3.05, 3.63) is 75.2 Å². The van der Waals surface area contributed by atoms with Crippen LogP contribution < -0.4 is 0 Å². The van der Waals surface area contributed by atoms with Crippen LogP contribution in [0.2, 0.25) is 0 Å². The Morgan fingerprint density at radius 3 is 2.06 bits per heavy atom. The van der Waals surface area contributed by atoms with Crippen molar-refractivity contribution in [3.63, 3.8) is 0 Å². The lowest BCUT2D eigenvalue weighted by Crippen LogP contribution is -2.64. The zero-order chi connectivity index (χ0) is 22.1. The number of carbonyl (C=O) groups excluding carboxylic acids is 2. The lowest BCUT2D eigenvalue weighted by atomic mass is 10.0. The molecule has 2 aromatic carbocycles. The number of amides is 2. The molecule has 5 rings (SSSR count). The third-order valence-corrected chi connectivity index (χ3v) is 7.48. The third-order valence-electron chi connectivity index (χ3n) is 6.19. The molecule has 0 saturated carbocycles. The second kappa shape index (κ2) is 9.13. The van der Waals surface area contributed by atoms with Gasteiger partial charge in [0.2, 0.25) is 0 Å². The van der Waals surface area contributed by atoms with Crippen LogP contribution in [0.4, 0.5) is 0 Å². The van der Waals surface area contributed by atoms with Gasteiger partial charge in [-0.05, 0) is 35.4 Å². The van der Waals surface area contributed by atoms with Crippen LogP contribution in [0.25, 0.3) is 11.1 Å². The van der Waals surface area contributed by atoms with Gasteiger partial charge >= 0.3 is 0 Å². The van der Waals surface area contributed by atoms with Crippen LogP contribution in [0.1, 0.15) is 20.2 Å². The van der Waals surface area contributed by atoms with E-state index in [0.29, 0.717) is 24.1 Å². The van der Waals surface area contributed by atoms with E-state index in [2.05, 4.69) is 37.9 Å². The van der Waals surface area contributed by atoms with Crippen LogP contribution in [-0.2, 0) is 0 Å². The van der Waals surface area contributed by atoms with Gasteiger partial charge in [-0.15, -0.1) is 11.3 Å². The van der Waals surface area contributed by atoms with E-state index in [0.717, 1.165) is 47.3 Å². The Morgan fingerprint density at radius 2 is 1.47 bits per heavy atom. The summed E-state index contributed by atoms with van der Waals surface area (Å²) in [5, 5.41) is 2.39. The van der Waals surface area contributed by atoms with Crippen molar-refractivity contribution in [1.29, 1.82) is 0 Å². The summed E-state index contributed by atoms with van der Waals surface area (Å²) >= 11 is 4.84. The van der Waals surface area contributed by atoms with Crippen molar-refractivity contribution in [3.8, 4) is 11.1 Å². The molecule has 3 heterocycles. The summed E-state index contributed by atoms with van der Waals surface area (Å²) in [4.78, 5) is 35.6. The number of nitrogens with zero attached hydrogens (tertiary/aromatic N) is 4. The maximum absolute atomic E-state index is 12.9. The first kappa shape index (κ1) is 21.3. The smallest absolute Gasteiger partial charge is 0.282 e. The molecule has 0 atom stereocenters. The molecule has 1 aromatic heterocycles. The lowest BCUT2D eigenvalue weighted by molar-refractivity contribution is 0.00853. The molecule has 0 N–H and O–H groups in total. The molecule has 2 aliphatic heterocycles. The van der Waals surface area contributed by atoms with E-state index in [1.165, 1.54) is 11.3 Å². The van der Waals surface area contributed by atoms with Crippen LogP contribution >= 0.6 is 27.3 Å². The number of carbonyl (C=O) groups is 2. The number of halogens is 1. The summed E-state index contributed by atoms with van der Waals surface area (Å²) in [6.45, 7) is 4.58. The molecule has 0 aliphatic carbocycles. The van der Waals surface area contributed by atoms with Crippen LogP contribution in [0.15, 0.2) is 64.6 Å². The summed E-state index contributed by atoms with van der Waals surface area (Å²) in [5.41, 5.74) is 2.95. The zero-order valence-electron chi connectivity index (χ0n) is 17.5. The third kappa shape index (κ3) is 4.35. The first-order valence-electron chi connectivity index (χ1n) is 10.7. The van der Waals surface area contributed by atoms with Gasteiger partial charge in [0.15, 0.2) is 5.01 Å². The minimum absolute atomic E-state index is 0.0247. The summed E-state index contributed by atoms with van der Waals surface area (Å²) < 4.78 is 1.05. The molecule has 0 bridgehead atoms. The average Bonchev–Trinajstić information content (AvgIpc) is 3.34. The molecule has 8 heteroatoms. The molecule has 0 spiro atoms. The van der Waals surface area contributed by atoms with Crippen molar-refractivity contribution in [1.82, 2.24) is 19.7 Å². The quantitative estimate of drug-likeness (QED) is 0.534. The second-order valence-corrected chi connectivity index (χ2v) is 9.92. The van der Waals surface area contributed by atoms with E-state index in [4.69, 9.17) is 0 Å². The van der Waals surface area contributed by atoms with Gasteiger partial charge in [-0.3, -0.25) is 14.5 Å². The van der Waals surface area contributed by atoms with Crippen molar-refractivity contribution >= 4 is 39.1 Å². The maximum Gasteiger partial charge on any atom is 0.282 e. The van der Waals surface area contributed by atoms with E-state index < -0.39 is 0 Å². The number of rotatable bonds is 4. The predicted octanol–water partition coefficient (Wildman–Crippen LogP) is 3.86. The minimum atomic E-state index is 0.0247. The van der Waals surface area contributed by atoms with Crippen molar-refractivity contribution < 1.29 is 9.59 Å². The highest BCUT2D eigenvalue weighted by Crippen LogP contribution is 2.24. The Bertz CT molecular complexity index is 1090. The number of likely N-dealkylation sites (tertiary alicyclic amines) is 1. The zero-order valence-corrected chi connectivity index (χ0v) is 19.9. The monoisotopic (exact) mass is 510 g/mol. The molecule has 2 amide bonds. The van der Waals surface area contributed by atoms with Gasteiger partial charge in [-0.25, -0.2) is 4.98 Å². The van der Waals surface area contributed by atoms with Crippen LogP contribution in [-0.4, -0.2) is 76.8 Å². The number of hydrogen-bond donors (Lipinski definition) is 0.